The molecular weight excluding hydrogens is 544 g/mol. The van der Waals surface area contributed by atoms with Crippen LogP contribution in [0.4, 0.5) is 0 Å². The Bertz CT molecular complexity index is 2100. The number of fused-ring (bicyclic) bond motifs is 2. The molecule has 0 aliphatic heterocycles. The number of oxazole rings is 2. The maximum absolute atomic E-state index is 5.91. The van der Waals surface area contributed by atoms with Crippen LogP contribution in [0.2, 0.25) is 0 Å². The molecule has 0 saturated heterocycles. The lowest BCUT2D eigenvalue weighted by Gasteiger charge is -2.08. The summed E-state index contributed by atoms with van der Waals surface area (Å²) < 4.78 is 11.8. The average Bonchev–Trinajstić information content (AvgIpc) is 3.69. The molecule has 4 aromatic heterocycles. The lowest BCUT2D eigenvalue weighted by molar-refractivity contribution is 0.619. The van der Waals surface area contributed by atoms with Gasteiger partial charge < -0.3 is 8.83 Å². The quantitative estimate of drug-likeness (QED) is 0.205. The maximum Gasteiger partial charge on any atom is 0.228 e. The van der Waals surface area contributed by atoms with E-state index in [-0.39, 0.29) is 0 Å². The van der Waals surface area contributed by atoms with E-state index in [9.17, 15) is 0 Å². The lowest BCUT2D eigenvalue weighted by atomic mass is 9.97. The van der Waals surface area contributed by atoms with E-state index in [0.29, 0.717) is 34.2 Å². The van der Waals surface area contributed by atoms with Gasteiger partial charge in [-0.05, 0) is 95.8 Å². The molecule has 0 amide bonds. The Labute approximate surface area is 253 Å². The zero-order valence-electron chi connectivity index (χ0n) is 24.2. The van der Waals surface area contributed by atoms with E-state index in [4.69, 9.17) is 8.83 Å². The lowest BCUT2D eigenvalue weighted by Crippen LogP contribution is -1.84. The largest absolute Gasteiger partial charge is 0.434 e. The van der Waals surface area contributed by atoms with Gasteiger partial charge in [0.1, 0.15) is 0 Å². The summed E-state index contributed by atoms with van der Waals surface area (Å²) in [6, 6.07) is 41.5. The maximum atomic E-state index is 5.91. The van der Waals surface area contributed by atoms with Gasteiger partial charge in [0, 0.05) is 22.5 Å². The summed E-state index contributed by atoms with van der Waals surface area (Å²) in [4.78, 5) is 18.0. The minimum atomic E-state index is 0.579. The van der Waals surface area contributed by atoms with Crippen LogP contribution in [0.5, 0.6) is 0 Å². The van der Waals surface area contributed by atoms with Crippen LogP contribution >= 0.6 is 0 Å². The van der Waals surface area contributed by atoms with Gasteiger partial charge in [0.15, 0.2) is 22.5 Å². The molecule has 0 N–H and O–H groups in total. The van der Waals surface area contributed by atoms with Crippen LogP contribution in [-0.4, -0.2) is 19.9 Å². The molecule has 0 fully saturated rings. The molecule has 8 rings (SSSR count). The average molecular weight is 571 g/mol. The molecular formula is C38H26N4O2. The van der Waals surface area contributed by atoms with Gasteiger partial charge in [0.25, 0.3) is 0 Å². The third-order valence-corrected chi connectivity index (χ3v) is 7.82. The van der Waals surface area contributed by atoms with Crippen molar-refractivity contribution in [3.63, 3.8) is 0 Å². The molecule has 44 heavy (non-hydrogen) atoms. The van der Waals surface area contributed by atoms with Crippen LogP contribution in [-0.2, 0) is 0 Å². The first-order valence-electron chi connectivity index (χ1n) is 14.5. The molecule has 6 nitrogen and oxygen atoms in total. The van der Waals surface area contributed by atoms with E-state index in [2.05, 4.69) is 92.7 Å². The standard InChI is InChI=1S/C38H26N4O2/c1-23-3-21-33-35(39-23)41-37(43-33)31-17-13-29(14-18-31)27-9-5-25(6-10-27)26-7-11-28(12-8-26)30-15-19-32(20-16-30)38-42-36-34(44-38)22-4-24(2)40-36/h3-22H,1-2H3. The first-order chi connectivity index (χ1) is 21.6. The molecule has 0 unspecified atom stereocenters. The Hall–Kier alpha value is -5.88. The molecule has 6 heteroatoms. The predicted molar refractivity (Wildman–Crippen MR) is 174 cm³/mol. The minimum absolute atomic E-state index is 0.579. The van der Waals surface area contributed by atoms with E-state index in [1.807, 2.05) is 62.4 Å². The van der Waals surface area contributed by atoms with Crippen molar-refractivity contribution in [2.24, 2.45) is 0 Å². The van der Waals surface area contributed by atoms with Crippen LogP contribution in [0.25, 0.3) is 78.7 Å². The van der Waals surface area contributed by atoms with Gasteiger partial charge in [0.05, 0.1) is 0 Å². The van der Waals surface area contributed by atoms with Crippen molar-refractivity contribution in [1.29, 1.82) is 0 Å². The van der Waals surface area contributed by atoms with Crippen molar-refractivity contribution in [3.8, 4) is 56.3 Å². The second-order valence-electron chi connectivity index (χ2n) is 10.9. The topological polar surface area (TPSA) is 77.8 Å². The highest BCUT2D eigenvalue weighted by molar-refractivity contribution is 5.77. The predicted octanol–water partition coefficient (Wildman–Crippen LogP) is 9.71. The first kappa shape index (κ1) is 25.8. The second-order valence-corrected chi connectivity index (χ2v) is 10.9. The van der Waals surface area contributed by atoms with Crippen molar-refractivity contribution in [3.05, 3.63) is 133 Å². The van der Waals surface area contributed by atoms with E-state index >= 15 is 0 Å². The monoisotopic (exact) mass is 570 g/mol. The van der Waals surface area contributed by atoms with Crippen molar-refractivity contribution in [2.45, 2.75) is 13.8 Å². The highest BCUT2D eigenvalue weighted by Crippen LogP contribution is 2.31. The van der Waals surface area contributed by atoms with Gasteiger partial charge in [-0.3, -0.25) is 0 Å². The fourth-order valence-electron chi connectivity index (χ4n) is 5.39. The van der Waals surface area contributed by atoms with Crippen LogP contribution in [0.1, 0.15) is 11.4 Å². The van der Waals surface area contributed by atoms with Gasteiger partial charge in [-0.1, -0.05) is 72.8 Å². The van der Waals surface area contributed by atoms with Crippen molar-refractivity contribution in [2.75, 3.05) is 0 Å². The summed E-state index contributed by atoms with van der Waals surface area (Å²) in [7, 11) is 0. The number of pyridine rings is 2. The van der Waals surface area contributed by atoms with Crippen LogP contribution in [0.3, 0.4) is 0 Å². The summed E-state index contributed by atoms with van der Waals surface area (Å²) in [5, 5.41) is 0. The minimum Gasteiger partial charge on any atom is -0.434 e. The molecule has 4 aromatic carbocycles. The fourth-order valence-corrected chi connectivity index (χ4v) is 5.39. The van der Waals surface area contributed by atoms with Crippen LogP contribution < -0.4 is 0 Å². The first-order valence-corrected chi connectivity index (χ1v) is 14.5. The van der Waals surface area contributed by atoms with Gasteiger partial charge in [-0.2, -0.15) is 9.97 Å². The second kappa shape index (κ2) is 10.4. The number of aromatic nitrogens is 4. The normalized spacial score (nSPS) is 11.4. The summed E-state index contributed by atoms with van der Waals surface area (Å²) in [6.07, 6.45) is 0. The van der Waals surface area contributed by atoms with E-state index < -0.39 is 0 Å². The number of benzene rings is 4. The van der Waals surface area contributed by atoms with E-state index in [1.54, 1.807) is 0 Å². The molecule has 4 heterocycles. The van der Waals surface area contributed by atoms with Gasteiger partial charge in [-0.25, -0.2) is 9.97 Å². The zero-order valence-corrected chi connectivity index (χ0v) is 24.2. The molecule has 210 valence electrons. The van der Waals surface area contributed by atoms with E-state index in [1.165, 1.54) is 11.1 Å². The van der Waals surface area contributed by atoms with E-state index in [0.717, 1.165) is 44.8 Å². The Morgan fingerprint density at radius 2 is 0.591 bits per heavy atom. The number of hydrogen-bond acceptors (Lipinski definition) is 6. The number of hydrogen-bond donors (Lipinski definition) is 0. The van der Waals surface area contributed by atoms with Crippen molar-refractivity contribution < 1.29 is 8.83 Å². The Morgan fingerprint density at radius 1 is 0.318 bits per heavy atom. The number of aryl methyl sites for hydroxylation is 2. The Balaban J connectivity index is 0.969. The third kappa shape index (κ3) is 4.82. The molecule has 0 saturated carbocycles. The summed E-state index contributed by atoms with van der Waals surface area (Å²) >= 11 is 0. The van der Waals surface area contributed by atoms with Gasteiger partial charge in [-0.15, -0.1) is 0 Å². The SMILES string of the molecule is Cc1ccc2oc(-c3ccc(-c4ccc(-c5ccc(-c6ccc(-c7nc8nc(C)ccc8o7)cc6)cc5)cc4)cc3)nc2n1. The van der Waals surface area contributed by atoms with Gasteiger partial charge >= 0.3 is 0 Å². The van der Waals surface area contributed by atoms with Crippen molar-refractivity contribution in [1.82, 2.24) is 19.9 Å². The summed E-state index contributed by atoms with van der Waals surface area (Å²) in [5.74, 6) is 1.16. The molecule has 0 spiro atoms. The van der Waals surface area contributed by atoms with Crippen LogP contribution in [0, 0.1) is 13.8 Å². The smallest absolute Gasteiger partial charge is 0.228 e. The Kier molecular flexibility index (Phi) is 6.12. The summed E-state index contributed by atoms with van der Waals surface area (Å²) in [6.45, 7) is 3.90. The number of rotatable bonds is 5. The zero-order chi connectivity index (χ0) is 29.6. The molecule has 0 aliphatic carbocycles. The third-order valence-electron chi connectivity index (χ3n) is 7.82. The highest BCUT2D eigenvalue weighted by Gasteiger charge is 2.11. The van der Waals surface area contributed by atoms with Gasteiger partial charge in [0.2, 0.25) is 11.8 Å². The molecule has 8 aromatic rings. The molecule has 0 aliphatic rings. The summed E-state index contributed by atoms with van der Waals surface area (Å²) in [5.41, 5.74) is 13.3. The van der Waals surface area contributed by atoms with Crippen LogP contribution in [0.15, 0.2) is 130 Å². The fraction of sp³-hybridized carbons (Fsp3) is 0.0526. The molecule has 0 bridgehead atoms. The molecule has 0 atom stereocenters. The highest BCUT2D eigenvalue weighted by atomic mass is 16.4. The Morgan fingerprint density at radius 3 is 0.886 bits per heavy atom. The molecule has 0 radical (unpaired) electrons. The number of nitrogens with zero attached hydrogens (tertiary/aromatic N) is 4. The van der Waals surface area contributed by atoms with Crippen molar-refractivity contribution >= 4 is 22.5 Å².